The summed E-state index contributed by atoms with van der Waals surface area (Å²) in [5, 5.41) is 0. The Bertz CT molecular complexity index is 616. The quantitative estimate of drug-likeness (QED) is 0.861. The van der Waals surface area contributed by atoms with E-state index in [1.807, 2.05) is 0 Å². The molecule has 0 radical (unpaired) electrons. The molecular formula is C14H10BrF2NO. The van der Waals surface area contributed by atoms with Crippen LogP contribution in [-0.2, 0) is 17.6 Å². The fraction of sp³-hybridized carbons (Fsp3) is 0.143. The molecule has 0 saturated carbocycles. The van der Waals surface area contributed by atoms with Gasteiger partial charge in [-0.05, 0) is 45.3 Å². The van der Waals surface area contributed by atoms with E-state index in [-0.39, 0.29) is 18.6 Å². The van der Waals surface area contributed by atoms with Gasteiger partial charge < -0.3 is 0 Å². The molecule has 19 heavy (non-hydrogen) atoms. The first-order valence-corrected chi connectivity index (χ1v) is 6.39. The number of hydrogen-bond donors (Lipinski definition) is 0. The van der Waals surface area contributed by atoms with E-state index in [9.17, 15) is 13.6 Å². The normalized spacial score (nSPS) is 10.5. The maximum Gasteiger partial charge on any atom is 0.159 e. The standard InChI is InChI=1S/C14H10BrF2NO/c15-11-3-10(7-18-8-11)5-12(19)4-9-1-2-13(16)14(17)6-9/h1-3,6-8H,4-5H2. The lowest BCUT2D eigenvalue weighted by atomic mass is 10.0. The van der Waals surface area contributed by atoms with Crippen molar-refractivity contribution in [3.05, 3.63) is 63.9 Å². The van der Waals surface area contributed by atoms with Crippen molar-refractivity contribution >= 4 is 21.7 Å². The smallest absolute Gasteiger partial charge is 0.159 e. The van der Waals surface area contributed by atoms with Crippen molar-refractivity contribution in [2.75, 3.05) is 0 Å². The van der Waals surface area contributed by atoms with Crippen LogP contribution in [0.1, 0.15) is 11.1 Å². The van der Waals surface area contributed by atoms with Gasteiger partial charge in [-0.25, -0.2) is 8.78 Å². The van der Waals surface area contributed by atoms with Crippen molar-refractivity contribution in [3.8, 4) is 0 Å². The lowest BCUT2D eigenvalue weighted by Crippen LogP contribution is -2.07. The van der Waals surface area contributed by atoms with Crippen LogP contribution in [0.4, 0.5) is 8.78 Å². The summed E-state index contributed by atoms with van der Waals surface area (Å²) in [6.45, 7) is 0. The van der Waals surface area contributed by atoms with Crippen LogP contribution in [-0.4, -0.2) is 10.8 Å². The lowest BCUT2D eigenvalue weighted by molar-refractivity contribution is -0.117. The second-order valence-electron chi connectivity index (χ2n) is 4.15. The molecule has 0 N–H and O–H groups in total. The Labute approximate surface area is 117 Å². The Hall–Kier alpha value is -1.62. The average Bonchev–Trinajstić information content (AvgIpc) is 2.34. The van der Waals surface area contributed by atoms with Crippen LogP contribution in [0, 0.1) is 11.6 Å². The molecule has 1 aromatic heterocycles. The second-order valence-corrected chi connectivity index (χ2v) is 5.07. The number of benzene rings is 1. The van der Waals surface area contributed by atoms with Crippen LogP contribution in [0.15, 0.2) is 41.1 Å². The summed E-state index contributed by atoms with van der Waals surface area (Å²) in [5.74, 6) is -1.92. The first kappa shape index (κ1) is 13.8. The molecule has 0 aliphatic heterocycles. The number of hydrogen-bond acceptors (Lipinski definition) is 2. The van der Waals surface area contributed by atoms with E-state index in [1.165, 1.54) is 6.07 Å². The predicted molar refractivity (Wildman–Crippen MR) is 70.7 cm³/mol. The zero-order valence-electron chi connectivity index (χ0n) is 9.87. The molecule has 1 aromatic carbocycles. The van der Waals surface area contributed by atoms with E-state index >= 15 is 0 Å². The number of halogens is 3. The number of Topliss-reactive ketones (excluding diaryl/α,β-unsaturated/α-hetero) is 1. The van der Waals surface area contributed by atoms with Crippen molar-refractivity contribution < 1.29 is 13.6 Å². The van der Waals surface area contributed by atoms with Crippen LogP contribution in [0.25, 0.3) is 0 Å². The summed E-state index contributed by atoms with van der Waals surface area (Å²) < 4.78 is 26.6. The third-order valence-corrected chi connectivity index (χ3v) is 2.98. The number of carbonyl (C=O) groups excluding carboxylic acids is 1. The molecule has 0 atom stereocenters. The van der Waals surface area contributed by atoms with Crippen LogP contribution in [0.5, 0.6) is 0 Å². The number of nitrogens with zero attached hydrogens (tertiary/aromatic N) is 1. The first-order chi connectivity index (χ1) is 9.04. The van der Waals surface area contributed by atoms with E-state index < -0.39 is 11.6 Å². The lowest BCUT2D eigenvalue weighted by Gasteiger charge is -2.03. The summed E-state index contributed by atoms with van der Waals surface area (Å²) in [7, 11) is 0. The minimum atomic E-state index is -0.936. The molecule has 2 nitrogen and oxygen atoms in total. The van der Waals surface area contributed by atoms with Gasteiger partial charge in [0.25, 0.3) is 0 Å². The second kappa shape index (κ2) is 6.02. The van der Waals surface area contributed by atoms with Gasteiger partial charge in [-0.2, -0.15) is 0 Å². The third kappa shape index (κ3) is 3.92. The van der Waals surface area contributed by atoms with Crippen molar-refractivity contribution in [1.82, 2.24) is 4.98 Å². The number of aromatic nitrogens is 1. The van der Waals surface area contributed by atoms with Gasteiger partial charge in [0.05, 0.1) is 0 Å². The highest BCUT2D eigenvalue weighted by atomic mass is 79.9. The van der Waals surface area contributed by atoms with Gasteiger partial charge in [0, 0.05) is 29.7 Å². The van der Waals surface area contributed by atoms with Crippen LogP contribution < -0.4 is 0 Å². The maximum atomic E-state index is 13.0. The van der Waals surface area contributed by atoms with E-state index in [4.69, 9.17) is 0 Å². The summed E-state index contributed by atoms with van der Waals surface area (Å²) in [4.78, 5) is 15.8. The zero-order valence-corrected chi connectivity index (χ0v) is 11.5. The fourth-order valence-electron chi connectivity index (χ4n) is 1.72. The van der Waals surface area contributed by atoms with Gasteiger partial charge in [0.15, 0.2) is 11.6 Å². The van der Waals surface area contributed by atoms with Gasteiger partial charge in [0.1, 0.15) is 5.78 Å². The Kier molecular flexibility index (Phi) is 4.37. The minimum Gasteiger partial charge on any atom is -0.299 e. The summed E-state index contributed by atoms with van der Waals surface area (Å²) in [6.07, 6.45) is 3.52. The monoisotopic (exact) mass is 325 g/mol. The van der Waals surface area contributed by atoms with Gasteiger partial charge in [-0.15, -0.1) is 0 Å². The van der Waals surface area contributed by atoms with E-state index in [1.54, 1.807) is 18.5 Å². The van der Waals surface area contributed by atoms with Crippen LogP contribution in [0.2, 0.25) is 0 Å². The van der Waals surface area contributed by atoms with Crippen LogP contribution in [0.3, 0.4) is 0 Å². The van der Waals surface area contributed by atoms with Crippen molar-refractivity contribution in [2.24, 2.45) is 0 Å². The SMILES string of the molecule is O=C(Cc1cncc(Br)c1)Cc1ccc(F)c(F)c1. The average molecular weight is 326 g/mol. The molecule has 5 heteroatoms. The molecule has 98 valence electrons. The molecule has 0 fully saturated rings. The number of ketones is 1. The van der Waals surface area contributed by atoms with Crippen molar-refractivity contribution in [1.29, 1.82) is 0 Å². The molecule has 0 unspecified atom stereocenters. The topological polar surface area (TPSA) is 30.0 Å². The highest BCUT2D eigenvalue weighted by Crippen LogP contribution is 2.13. The fourth-order valence-corrected chi connectivity index (χ4v) is 2.13. The summed E-state index contributed by atoms with van der Waals surface area (Å²) in [5.41, 5.74) is 1.24. The Morgan fingerprint density at radius 3 is 2.47 bits per heavy atom. The molecule has 0 bridgehead atoms. The van der Waals surface area contributed by atoms with Gasteiger partial charge >= 0.3 is 0 Å². The number of carbonyl (C=O) groups is 1. The predicted octanol–water partition coefficient (Wildman–Crippen LogP) is 3.48. The van der Waals surface area contributed by atoms with E-state index in [2.05, 4.69) is 20.9 Å². The zero-order chi connectivity index (χ0) is 13.8. The molecular weight excluding hydrogens is 316 g/mol. The Balaban J connectivity index is 2.03. The van der Waals surface area contributed by atoms with Crippen molar-refractivity contribution in [2.45, 2.75) is 12.8 Å². The minimum absolute atomic E-state index is 0.0731. The summed E-state index contributed by atoms with van der Waals surface area (Å²) in [6, 6.07) is 5.29. The van der Waals surface area contributed by atoms with Gasteiger partial charge in [0.2, 0.25) is 0 Å². The summed E-state index contributed by atoms with van der Waals surface area (Å²) >= 11 is 3.27. The molecule has 0 amide bonds. The molecule has 2 rings (SSSR count). The largest absolute Gasteiger partial charge is 0.299 e. The molecule has 0 aliphatic carbocycles. The molecule has 0 saturated heterocycles. The third-order valence-electron chi connectivity index (χ3n) is 2.55. The molecule has 0 aliphatic rings. The highest BCUT2D eigenvalue weighted by molar-refractivity contribution is 9.10. The van der Waals surface area contributed by atoms with Crippen molar-refractivity contribution in [3.63, 3.8) is 0 Å². The first-order valence-electron chi connectivity index (χ1n) is 5.59. The Morgan fingerprint density at radius 2 is 1.79 bits per heavy atom. The van der Waals surface area contributed by atoms with Gasteiger partial charge in [-0.3, -0.25) is 9.78 Å². The van der Waals surface area contributed by atoms with Gasteiger partial charge in [-0.1, -0.05) is 6.07 Å². The number of rotatable bonds is 4. The highest BCUT2D eigenvalue weighted by Gasteiger charge is 2.08. The number of pyridine rings is 1. The molecule has 2 aromatic rings. The molecule has 1 heterocycles. The maximum absolute atomic E-state index is 13.0. The van der Waals surface area contributed by atoms with E-state index in [0.29, 0.717) is 5.56 Å². The Morgan fingerprint density at radius 1 is 1.05 bits per heavy atom. The molecule has 0 spiro atoms. The van der Waals surface area contributed by atoms with Crippen LogP contribution >= 0.6 is 15.9 Å². The van der Waals surface area contributed by atoms with E-state index in [0.717, 1.165) is 22.2 Å².